The van der Waals surface area contributed by atoms with E-state index >= 15 is 0 Å². The van der Waals surface area contributed by atoms with Crippen LogP contribution in [0.1, 0.15) is 41.1 Å². The van der Waals surface area contributed by atoms with Crippen LogP contribution in [-0.2, 0) is 4.79 Å². The van der Waals surface area contributed by atoms with Gasteiger partial charge in [0, 0.05) is 6.54 Å². The number of rotatable bonds is 4. The van der Waals surface area contributed by atoms with E-state index in [4.69, 9.17) is 0 Å². The van der Waals surface area contributed by atoms with Crippen LogP contribution in [0.3, 0.4) is 0 Å². The summed E-state index contributed by atoms with van der Waals surface area (Å²) in [6, 6.07) is 17.1. The third-order valence-corrected chi connectivity index (χ3v) is 5.01. The van der Waals surface area contributed by atoms with Crippen molar-refractivity contribution in [1.29, 1.82) is 0 Å². The zero-order chi connectivity index (χ0) is 17.1. The summed E-state index contributed by atoms with van der Waals surface area (Å²) in [4.78, 5) is 13.8. The van der Waals surface area contributed by atoms with Crippen molar-refractivity contribution < 1.29 is 9.90 Å². The molecule has 0 aromatic heterocycles. The van der Waals surface area contributed by atoms with Gasteiger partial charge in [-0.25, -0.2) is 0 Å². The second kappa shape index (κ2) is 7.18. The molecule has 1 fully saturated rings. The first kappa shape index (κ1) is 16.7. The molecule has 2 unspecified atom stereocenters. The highest BCUT2D eigenvalue weighted by atomic mass is 16.4. The topological polar surface area (TPSA) is 40.5 Å². The van der Waals surface area contributed by atoms with Gasteiger partial charge in [0.05, 0.1) is 12.0 Å². The summed E-state index contributed by atoms with van der Waals surface area (Å²) in [6.07, 6.45) is 1.71. The number of carboxylic acid groups (broad SMARTS) is 1. The minimum absolute atomic E-state index is 0.119. The smallest absolute Gasteiger partial charge is 0.307 e. The van der Waals surface area contributed by atoms with Crippen molar-refractivity contribution in [3.8, 4) is 0 Å². The summed E-state index contributed by atoms with van der Waals surface area (Å²) < 4.78 is 0. The molecular weight excluding hydrogens is 298 g/mol. The number of carbonyl (C=O) groups is 1. The third kappa shape index (κ3) is 3.51. The van der Waals surface area contributed by atoms with Gasteiger partial charge >= 0.3 is 5.97 Å². The van der Waals surface area contributed by atoms with Crippen molar-refractivity contribution in [3.63, 3.8) is 0 Å². The van der Waals surface area contributed by atoms with E-state index in [1.54, 1.807) is 0 Å². The van der Waals surface area contributed by atoms with Crippen LogP contribution in [-0.4, -0.2) is 29.1 Å². The third-order valence-electron chi connectivity index (χ3n) is 5.01. The number of likely N-dealkylation sites (tertiary alicyclic amines) is 1. The maximum Gasteiger partial charge on any atom is 0.307 e. The van der Waals surface area contributed by atoms with Crippen molar-refractivity contribution in [2.24, 2.45) is 5.92 Å². The number of nitrogens with zero attached hydrogens (tertiary/aromatic N) is 1. The predicted molar refractivity (Wildman–Crippen MR) is 96.1 cm³/mol. The summed E-state index contributed by atoms with van der Waals surface area (Å²) in [6.45, 7) is 5.80. The largest absolute Gasteiger partial charge is 0.481 e. The molecule has 3 rings (SSSR count). The number of benzene rings is 2. The SMILES string of the molecule is Cc1cccc(C(c2ccccc2C)N2CCCC(C(=O)O)C2)c1. The van der Waals surface area contributed by atoms with Crippen LogP contribution in [0.5, 0.6) is 0 Å². The van der Waals surface area contributed by atoms with E-state index in [0.29, 0.717) is 6.54 Å². The van der Waals surface area contributed by atoms with Gasteiger partial charge in [0.2, 0.25) is 0 Å². The Morgan fingerprint density at radius 3 is 2.67 bits per heavy atom. The number of piperidine rings is 1. The van der Waals surface area contributed by atoms with Gasteiger partial charge in [-0.3, -0.25) is 9.69 Å². The Bertz CT molecular complexity index is 725. The molecule has 0 saturated carbocycles. The predicted octanol–water partition coefficient (Wildman–Crippen LogP) is 4.19. The minimum atomic E-state index is -0.674. The highest BCUT2D eigenvalue weighted by molar-refractivity contribution is 5.70. The molecule has 1 aliphatic rings. The molecule has 0 bridgehead atoms. The normalized spacial score (nSPS) is 19.8. The molecule has 1 heterocycles. The number of aryl methyl sites for hydroxylation is 2. The quantitative estimate of drug-likeness (QED) is 0.917. The zero-order valence-electron chi connectivity index (χ0n) is 14.4. The molecule has 2 aromatic rings. The van der Waals surface area contributed by atoms with E-state index in [9.17, 15) is 9.90 Å². The van der Waals surface area contributed by atoms with Gasteiger partial charge in [-0.15, -0.1) is 0 Å². The average Bonchev–Trinajstić information content (AvgIpc) is 2.57. The molecule has 0 spiro atoms. The summed E-state index contributed by atoms with van der Waals surface area (Å²) in [5, 5.41) is 9.45. The van der Waals surface area contributed by atoms with Crippen molar-refractivity contribution in [3.05, 3.63) is 70.8 Å². The molecule has 1 N–H and O–H groups in total. The molecular formula is C21H25NO2. The first-order chi connectivity index (χ1) is 11.6. The lowest BCUT2D eigenvalue weighted by atomic mass is 9.89. The van der Waals surface area contributed by atoms with Crippen LogP contribution < -0.4 is 0 Å². The van der Waals surface area contributed by atoms with Crippen molar-refractivity contribution >= 4 is 5.97 Å². The zero-order valence-corrected chi connectivity index (χ0v) is 14.4. The molecule has 126 valence electrons. The molecule has 24 heavy (non-hydrogen) atoms. The summed E-state index contributed by atoms with van der Waals surface area (Å²) >= 11 is 0. The van der Waals surface area contributed by atoms with E-state index in [1.165, 1.54) is 22.3 Å². The van der Waals surface area contributed by atoms with Gasteiger partial charge in [0.1, 0.15) is 0 Å². The van der Waals surface area contributed by atoms with E-state index in [-0.39, 0.29) is 12.0 Å². The van der Waals surface area contributed by atoms with Gasteiger partial charge < -0.3 is 5.11 Å². The maximum atomic E-state index is 11.5. The molecule has 0 aliphatic carbocycles. The fourth-order valence-corrected chi connectivity index (χ4v) is 3.76. The number of hydrogen-bond acceptors (Lipinski definition) is 2. The standard InChI is InChI=1S/C21H25NO2/c1-15-7-5-9-17(13-15)20(19-11-4-3-8-16(19)2)22-12-6-10-18(14-22)21(23)24/h3-5,7-9,11,13,18,20H,6,10,12,14H2,1-2H3,(H,23,24). The fraction of sp³-hybridized carbons (Fsp3) is 0.381. The molecule has 2 atom stereocenters. The Morgan fingerprint density at radius 2 is 1.96 bits per heavy atom. The lowest BCUT2D eigenvalue weighted by Gasteiger charge is -2.38. The Hall–Kier alpha value is -2.13. The monoisotopic (exact) mass is 323 g/mol. The van der Waals surface area contributed by atoms with Crippen LogP contribution in [0.25, 0.3) is 0 Å². The van der Waals surface area contributed by atoms with Crippen LogP contribution in [0.4, 0.5) is 0 Å². The highest BCUT2D eigenvalue weighted by Gasteiger charge is 2.31. The van der Waals surface area contributed by atoms with Gasteiger partial charge in [0.25, 0.3) is 0 Å². The summed E-state index contributed by atoms with van der Waals surface area (Å²) in [5.74, 6) is -0.942. The van der Waals surface area contributed by atoms with E-state index in [1.807, 2.05) is 0 Å². The van der Waals surface area contributed by atoms with Crippen LogP contribution >= 0.6 is 0 Å². The Morgan fingerprint density at radius 1 is 1.17 bits per heavy atom. The maximum absolute atomic E-state index is 11.5. The second-order valence-corrected chi connectivity index (χ2v) is 6.85. The van der Waals surface area contributed by atoms with Gasteiger partial charge in [0.15, 0.2) is 0 Å². The summed E-state index contributed by atoms with van der Waals surface area (Å²) in [5.41, 5.74) is 5.00. The number of aliphatic carboxylic acids is 1. The molecule has 0 radical (unpaired) electrons. The molecule has 1 aliphatic heterocycles. The van der Waals surface area contributed by atoms with E-state index < -0.39 is 5.97 Å². The summed E-state index contributed by atoms with van der Waals surface area (Å²) in [7, 11) is 0. The van der Waals surface area contributed by atoms with Crippen LogP contribution in [0.2, 0.25) is 0 Å². The van der Waals surface area contributed by atoms with E-state index in [2.05, 4.69) is 67.3 Å². The van der Waals surface area contributed by atoms with Crippen molar-refractivity contribution in [2.45, 2.75) is 32.7 Å². The minimum Gasteiger partial charge on any atom is -0.481 e. The molecule has 0 amide bonds. The Balaban J connectivity index is 2.02. The number of carboxylic acids is 1. The van der Waals surface area contributed by atoms with E-state index in [0.717, 1.165) is 19.4 Å². The fourth-order valence-electron chi connectivity index (χ4n) is 3.76. The van der Waals surface area contributed by atoms with Gasteiger partial charge in [-0.2, -0.15) is 0 Å². The van der Waals surface area contributed by atoms with Gasteiger partial charge in [-0.05, 0) is 49.9 Å². The first-order valence-electron chi connectivity index (χ1n) is 8.65. The van der Waals surface area contributed by atoms with Crippen molar-refractivity contribution in [1.82, 2.24) is 4.90 Å². The van der Waals surface area contributed by atoms with Crippen molar-refractivity contribution in [2.75, 3.05) is 13.1 Å². The second-order valence-electron chi connectivity index (χ2n) is 6.85. The molecule has 1 saturated heterocycles. The average molecular weight is 323 g/mol. The lowest BCUT2D eigenvalue weighted by Crippen LogP contribution is -2.41. The molecule has 3 heteroatoms. The van der Waals surface area contributed by atoms with Crippen LogP contribution in [0, 0.1) is 19.8 Å². The molecule has 3 nitrogen and oxygen atoms in total. The Labute approximate surface area is 143 Å². The van der Waals surface area contributed by atoms with Gasteiger partial charge in [-0.1, -0.05) is 54.1 Å². The lowest BCUT2D eigenvalue weighted by molar-refractivity contribution is -0.143. The first-order valence-corrected chi connectivity index (χ1v) is 8.65. The number of hydrogen-bond donors (Lipinski definition) is 1. The highest BCUT2D eigenvalue weighted by Crippen LogP contribution is 2.34. The molecule has 2 aromatic carbocycles. The Kier molecular flexibility index (Phi) is 5.00. The van der Waals surface area contributed by atoms with Crippen LogP contribution in [0.15, 0.2) is 48.5 Å².